The first-order valence-corrected chi connectivity index (χ1v) is 11.0. The van der Waals surface area contributed by atoms with Gasteiger partial charge in [0.2, 0.25) is 0 Å². The van der Waals surface area contributed by atoms with Gasteiger partial charge in [0.05, 0.1) is 31.1 Å². The van der Waals surface area contributed by atoms with Gasteiger partial charge in [-0.05, 0) is 49.3 Å². The first-order valence-electron chi connectivity index (χ1n) is 11.0. The molecule has 33 heavy (non-hydrogen) atoms. The Morgan fingerprint density at radius 1 is 1.12 bits per heavy atom. The molecule has 5 rings (SSSR count). The molecule has 3 N–H and O–H groups in total. The second-order valence-corrected chi connectivity index (χ2v) is 8.82. The van der Waals surface area contributed by atoms with E-state index < -0.39 is 36.0 Å². The molecular weight excluding hydrogens is 436 g/mol. The first-order chi connectivity index (χ1) is 15.9. The molecule has 11 heteroatoms. The Kier molecular flexibility index (Phi) is 5.81. The van der Waals surface area contributed by atoms with Crippen LogP contribution in [0.3, 0.4) is 0 Å². The third kappa shape index (κ3) is 4.10. The van der Waals surface area contributed by atoms with Crippen molar-refractivity contribution in [2.24, 2.45) is 5.92 Å². The summed E-state index contributed by atoms with van der Waals surface area (Å²) in [5.74, 6) is -0.847. The fourth-order valence-corrected chi connectivity index (χ4v) is 4.82. The number of halogens is 2. The summed E-state index contributed by atoms with van der Waals surface area (Å²) in [6.45, 7) is 1.64. The highest BCUT2D eigenvalue weighted by Crippen LogP contribution is 2.49. The van der Waals surface area contributed by atoms with Crippen LogP contribution in [-0.4, -0.2) is 71.8 Å². The van der Waals surface area contributed by atoms with E-state index in [4.69, 9.17) is 9.84 Å². The molecule has 0 unspecified atom stereocenters. The zero-order chi connectivity index (χ0) is 23.3. The summed E-state index contributed by atoms with van der Waals surface area (Å²) in [6, 6.07) is 3.42. The van der Waals surface area contributed by atoms with E-state index in [0.717, 1.165) is 18.1 Å². The van der Waals surface area contributed by atoms with E-state index in [9.17, 15) is 19.0 Å². The van der Waals surface area contributed by atoms with Gasteiger partial charge in [0.1, 0.15) is 18.0 Å². The molecule has 6 atom stereocenters. The summed E-state index contributed by atoms with van der Waals surface area (Å²) in [7, 11) is 0. The lowest BCUT2D eigenvalue weighted by Crippen LogP contribution is -2.33. The van der Waals surface area contributed by atoms with E-state index in [0.29, 0.717) is 35.5 Å². The van der Waals surface area contributed by atoms with Crippen LogP contribution >= 0.6 is 0 Å². The third-order valence-electron chi connectivity index (χ3n) is 6.59. The Morgan fingerprint density at radius 2 is 1.94 bits per heavy atom. The van der Waals surface area contributed by atoms with Gasteiger partial charge >= 0.3 is 0 Å². The summed E-state index contributed by atoms with van der Waals surface area (Å²) in [6.07, 6.45) is -1.17. The number of aliphatic hydroxyl groups excluding tert-OH is 3. The molecule has 3 aromatic rings. The van der Waals surface area contributed by atoms with Crippen LogP contribution in [0.2, 0.25) is 0 Å². The standard InChI is InChI=1S/C22H25F2N5O4/c1-10-25-16(8-12-6-13(12)11-2-3-14(23)15(24)7-11)19-22(26-10)29(28-27-19)17-9-18(33-5-4-30)21(32)20(17)31/h2-3,7,12-13,17-18,20-21,30-32H,4-6,8-9H2,1H3/t12-,13-,17+,18-,20-,21+/m0/s1. The monoisotopic (exact) mass is 461 g/mol. The fraction of sp³-hybridized carbons (Fsp3) is 0.545. The second-order valence-electron chi connectivity index (χ2n) is 8.82. The number of aryl methyl sites for hydroxylation is 1. The minimum absolute atomic E-state index is 0.0607. The smallest absolute Gasteiger partial charge is 0.182 e. The summed E-state index contributed by atoms with van der Waals surface area (Å²) < 4.78 is 33.8. The minimum Gasteiger partial charge on any atom is -0.394 e. The summed E-state index contributed by atoms with van der Waals surface area (Å²) in [5, 5.41) is 38.3. The van der Waals surface area contributed by atoms with Crippen molar-refractivity contribution in [2.45, 2.75) is 56.5 Å². The molecule has 0 amide bonds. The average Bonchev–Trinajstić information content (AvgIpc) is 3.34. The normalized spacial score (nSPS) is 29.2. The molecule has 2 aromatic heterocycles. The maximum atomic E-state index is 13.6. The average molecular weight is 461 g/mol. The van der Waals surface area contributed by atoms with Crippen LogP contribution in [0.1, 0.15) is 41.9 Å². The van der Waals surface area contributed by atoms with Crippen molar-refractivity contribution in [3.63, 3.8) is 0 Å². The first kappa shape index (κ1) is 22.2. The number of hydrogen-bond acceptors (Lipinski definition) is 8. The van der Waals surface area contributed by atoms with Crippen LogP contribution in [0.5, 0.6) is 0 Å². The maximum Gasteiger partial charge on any atom is 0.182 e. The lowest BCUT2D eigenvalue weighted by Gasteiger charge is -2.17. The molecule has 0 saturated heterocycles. The van der Waals surface area contributed by atoms with Gasteiger partial charge in [-0.3, -0.25) is 0 Å². The molecule has 0 spiro atoms. The van der Waals surface area contributed by atoms with Crippen LogP contribution in [0.25, 0.3) is 11.2 Å². The predicted molar refractivity (Wildman–Crippen MR) is 111 cm³/mol. The third-order valence-corrected chi connectivity index (χ3v) is 6.59. The lowest BCUT2D eigenvalue weighted by atomic mass is 10.1. The van der Waals surface area contributed by atoms with Crippen LogP contribution in [0.15, 0.2) is 18.2 Å². The van der Waals surface area contributed by atoms with Crippen LogP contribution in [0, 0.1) is 24.5 Å². The van der Waals surface area contributed by atoms with Crippen molar-refractivity contribution in [3.05, 3.63) is 46.9 Å². The molecule has 0 aliphatic heterocycles. The van der Waals surface area contributed by atoms with Crippen LogP contribution < -0.4 is 0 Å². The quantitative estimate of drug-likeness (QED) is 0.479. The van der Waals surface area contributed by atoms with E-state index in [1.807, 2.05) is 0 Å². The van der Waals surface area contributed by atoms with Crippen molar-refractivity contribution < 1.29 is 28.8 Å². The molecule has 2 heterocycles. The van der Waals surface area contributed by atoms with Gasteiger partial charge in [0, 0.05) is 6.42 Å². The van der Waals surface area contributed by atoms with Crippen molar-refractivity contribution in [3.8, 4) is 0 Å². The molecule has 0 bridgehead atoms. The number of aliphatic hydroxyl groups is 3. The molecule has 1 aromatic carbocycles. The van der Waals surface area contributed by atoms with Crippen molar-refractivity contribution in [2.75, 3.05) is 13.2 Å². The van der Waals surface area contributed by atoms with E-state index in [2.05, 4.69) is 20.3 Å². The second kappa shape index (κ2) is 8.64. The van der Waals surface area contributed by atoms with Gasteiger partial charge in [-0.2, -0.15) is 0 Å². The van der Waals surface area contributed by atoms with E-state index in [1.165, 1.54) is 10.7 Å². The molecule has 2 aliphatic rings. The molecular formula is C22H25F2N5O4. The number of hydrogen-bond donors (Lipinski definition) is 3. The highest BCUT2D eigenvalue weighted by molar-refractivity contribution is 5.72. The van der Waals surface area contributed by atoms with E-state index in [1.54, 1.807) is 13.0 Å². The zero-order valence-electron chi connectivity index (χ0n) is 18.0. The Bertz CT molecular complexity index is 1180. The summed E-state index contributed by atoms with van der Waals surface area (Å²) in [5.41, 5.74) is 2.45. The van der Waals surface area contributed by atoms with Crippen LogP contribution in [0.4, 0.5) is 8.78 Å². The zero-order valence-corrected chi connectivity index (χ0v) is 18.0. The van der Waals surface area contributed by atoms with Gasteiger partial charge < -0.3 is 20.1 Å². The lowest BCUT2D eigenvalue weighted by molar-refractivity contribution is -0.0629. The number of ether oxygens (including phenoxy) is 1. The number of fused-ring (bicyclic) bond motifs is 1. The van der Waals surface area contributed by atoms with Crippen molar-refractivity contribution in [1.29, 1.82) is 0 Å². The number of rotatable bonds is 7. The molecule has 2 saturated carbocycles. The van der Waals surface area contributed by atoms with Gasteiger partial charge in [-0.1, -0.05) is 11.3 Å². The summed E-state index contributed by atoms with van der Waals surface area (Å²) in [4.78, 5) is 9.02. The predicted octanol–water partition coefficient (Wildman–Crippen LogP) is 1.20. The van der Waals surface area contributed by atoms with Crippen molar-refractivity contribution >= 4 is 11.2 Å². The Morgan fingerprint density at radius 3 is 2.70 bits per heavy atom. The van der Waals surface area contributed by atoms with E-state index in [-0.39, 0.29) is 25.0 Å². The molecule has 2 fully saturated rings. The fourth-order valence-electron chi connectivity index (χ4n) is 4.82. The topological polar surface area (TPSA) is 126 Å². The molecule has 0 radical (unpaired) electrons. The number of aromatic nitrogens is 5. The van der Waals surface area contributed by atoms with Crippen LogP contribution in [-0.2, 0) is 11.2 Å². The van der Waals surface area contributed by atoms with Gasteiger partial charge in [-0.15, -0.1) is 5.10 Å². The maximum absolute atomic E-state index is 13.6. The minimum atomic E-state index is -1.13. The number of benzene rings is 1. The highest BCUT2D eigenvalue weighted by Gasteiger charge is 2.45. The van der Waals surface area contributed by atoms with Gasteiger partial charge in [-0.25, -0.2) is 23.4 Å². The Hall–Kier alpha value is -2.60. The van der Waals surface area contributed by atoms with Crippen molar-refractivity contribution in [1.82, 2.24) is 25.0 Å². The Labute approximate surface area is 188 Å². The Balaban J connectivity index is 1.38. The molecule has 2 aliphatic carbocycles. The van der Waals surface area contributed by atoms with Gasteiger partial charge in [0.15, 0.2) is 22.8 Å². The summed E-state index contributed by atoms with van der Waals surface area (Å²) >= 11 is 0. The molecule has 176 valence electrons. The SMILES string of the molecule is Cc1nc(C[C@@H]2C[C@H]2c2ccc(F)c(F)c2)c2nnn([C@@H]3C[C@H](OCCO)[C@@H](O)[C@H]3O)c2n1. The molecule has 9 nitrogen and oxygen atoms in total. The van der Waals surface area contributed by atoms with E-state index >= 15 is 0 Å². The largest absolute Gasteiger partial charge is 0.394 e. The van der Waals surface area contributed by atoms with Gasteiger partial charge in [0.25, 0.3) is 0 Å². The number of nitrogens with zero attached hydrogens (tertiary/aromatic N) is 5. The highest BCUT2D eigenvalue weighted by atomic mass is 19.2.